The van der Waals surface area contributed by atoms with Crippen LogP contribution in [0.2, 0.25) is 0 Å². The van der Waals surface area contributed by atoms with E-state index in [9.17, 15) is 18.8 Å². The van der Waals surface area contributed by atoms with E-state index in [-0.39, 0.29) is 5.69 Å². The predicted molar refractivity (Wildman–Crippen MR) is 107 cm³/mol. The Hall–Kier alpha value is -3.74. The third-order valence-electron chi connectivity index (χ3n) is 5.05. The van der Waals surface area contributed by atoms with E-state index in [1.807, 2.05) is 36.4 Å². The number of carbonyl (C=O) groups is 3. The Morgan fingerprint density at radius 2 is 1.72 bits per heavy atom. The van der Waals surface area contributed by atoms with E-state index in [1.54, 1.807) is 19.1 Å². The summed E-state index contributed by atoms with van der Waals surface area (Å²) in [6, 6.07) is 18.1. The first-order valence-electron chi connectivity index (χ1n) is 9.07. The van der Waals surface area contributed by atoms with Gasteiger partial charge in [0, 0.05) is 0 Å². The van der Waals surface area contributed by atoms with Gasteiger partial charge in [-0.25, -0.2) is 9.18 Å². The molecule has 146 valence electrons. The minimum Gasteiger partial charge on any atom is -0.322 e. The molecule has 1 heterocycles. The van der Waals surface area contributed by atoms with Crippen molar-refractivity contribution < 1.29 is 18.8 Å². The molecule has 4 amide bonds. The maximum Gasteiger partial charge on any atom is 0.325 e. The molecule has 1 aliphatic rings. The number of hydrogen-bond donors (Lipinski definition) is 2. The number of halogens is 1. The predicted octanol–water partition coefficient (Wildman–Crippen LogP) is 3.38. The van der Waals surface area contributed by atoms with Gasteiger partial charge in [-0.2, -0.15) is 0 Å². The van der Waals surface area contributed by atoms with Crippen LogP contribution in [0, 0.1) is 5.82 Å². The molecule has 3 aromatic carbocycles. The fourth-order valence-electron chi connectivity index (χ4n) is 3.58. The summed E-state index contributed by atoms with van der Waals surface area (Å²) < 4.78 is 13.7. The van der Waals surface area contributed by atoms with Crippen LogP contribution in [0.5, 0.6) is 0 Å². The highest BCUT2D eigenvalue weighted by molar-refractivity contribution is 6.11. The molecule has 0 unspecified atom stereocenters. The fourth-order valence-corrected chi connectivity index (χ4v) is 3.58. The molecule has 2 N–H and O–H groups in total. The van der Waals surface area contributed by atoms with Crippen molar-refractivity contribution >= 4 is 34.3 Å². The van der Waals surface area contributed by atoms with Crippen molar-refractivity contribution in [1.29, 1.82) is 0 Å². The van der Waals surface area contributed by atoms with Gasteiger partial charge in [0.2, 0.25) is 5.91 Å². The van der Waals surface area contributed by atoms with Crippen LogP contribution in [0.3, 0.4) is 0 Å². The number of fused-ring (bicyclic) bond motifs is 1. The molecule has 29 heavy (non-hydrogen) atoms. The number of anilines is 1. The van der Waals surface area contributed by atoms with Crippen molar-refractivity contribution in [2.24, 2.45) is 0 Å². The average Bonchev–Trinajstić information content (AvgIpc) is 2.93. The number of carbonyl (C=O) groups excluding carboxylic acids is 3. The van der Waals surface area contributed by atoms with Crippen LogP contribution < -0.4 is 10.6 Å². The molecule has 0 bridgehead atoms. The van der Waals surface area contributed by atoms with Crippen molar-refractivity contribution in [2.45, 2.75) is 12.5 Å². The lowest BCUT2D eigenvalue weighted by molar-refractivity contribution is -0.133. The second kappa shape index (κ2) is 7.01. The first-order valence-corrected chi connectivity index (χ1v) is 9.07. The Bertz CT molecular complexity index is 1140. The number of amides is 4. The fraction of sp³-hybridized carbons (Fsp3) is 0.136. The molecular weight excluding hydrogens is 373 g/mol. The number of para-hydroxylation sites is 1. The normalized spacial score (nSPS) is 18.8. The van der Waals surface area contributed by atoms with Crippen molar-refractivity contribution in [1.82, 2.24) is 10.2 Å². The molecule has 3 aromatic rings. The third kappa shape index (κ3) is 3.20. The lowest BCUT2D eigenvalue weighted by atomic mass is 9.88. The summed E-state index contributed by atoms with van der Waals surface area (Å²) in [5.41, 5.74) is -0.678. The van der Waals surface area contributed by atoms with Crippen LogP contribution >= 0.6 is 0 Å². The molecule has 1 atom stereocenters. The van der Waals surface area contributed by atoms with Crippen molar-refractivity contribution in [2.75, 3.05) is 11.9 Å². The Labute approximate surface area is 166 Å². The minimum atomic E-state index is -1.31. The van der Waals surface area contributed by atoms with E-state index < -0.39 is 35.7 Å². The number of nitrogens with zero attached hydrogens (tertiary/aromatic N) is 1. The van der Waals surface area contributed by atoms with Gasteiger partial charge in [-0.15, -0.1) is 0 Å². The molecule has 7 heteroatoms. The Morgan fingerprint density at radius 1 is 1.03 bits per heavy atom. The van der Waals surface area contributed by atoms with Gasteiger partial charge < -0.3 is 10.6 Å². The van der Waals surface area contributed by atoms with Gasteiger partial charge in [0.05, 0.1) is 5.69 Å². The number of imide groups is 1. The van der Waals surface area contributed by atoms with Crippen molar-refractivity contribution in [3.8, 4) is 0 Å². The molecule has 0 aliphatic carbocycles. The zero-order chi connectivity index (χ0) is 20.6. The van der Waals surface area contributed by atoms with Gasteiger partial charge in [-0.3, -0.25) is 14.5 Å². The molecule has 0 radical (unpaired) electrons. The molecule has 1 saturated heterocycles. The zero-order valence-electron chi connectivity index (χ0n) is 15.6. The Balaban J connectivity index is 1.60. The standard InChI is InChI=1S/C22H18FN3O3/c1-22(16-10-6-8-14-7-2-3-9-15(14)16)20(28)26(21(29)25-22)13-19(27)24-18-12-5-4-11-17(18)23/h2-12H,13H2,1H3,(H,24,27)(H,25,29)/t22-/m1/s1. The van der Waals surface area contributed by atoms with E-state index in [0.29, 0.717) is 5.56 Å². The van der Waals surface area contributed by atoms with E-state index in [2.05, 4.69) is 10.6 Å². The maximum absolute atomic E-state index is 13.7. The van der Waals surface area contributed by atoms with E-state index in [4.69, 9.17) is 0 Å². The largest absolute Gasteiger partial charge is 0.325 e. The molecule has 0 aromatic heterocycles. The highest BCUT2D eigenvalue weighted by Crippen LogP contribution is 2.33. The topological polar surface area (TPSA) is 78.5 Å². The smallest absolute Gasteiger partial charge is 0.322 e. The summed E-state index contributed by atoms with van der Waals surface area (Å²) in [4.78, 5) is 38.8. The second-order valence-electron chi connectivity index (χ2n) is 7.00. The number of nitrogens with one attached hydrogen (secondary N) is 2. The molecule has 1 fully saturated rings. The number of benzene rings is 3. The summed E-state index contributed by atoms with van der Waals surface area (Å²) in [7, 11) is 0. The van der Waals surface area contributed by atoms with E-state index in [1.165, 1.54) is 18.2 Å². The van der Waals surface area contributed by atoms with Crippen LogP contribution in [0.4, 0.5) is 14.9 Å². The van der Waals surface area contributed by atoms with Crippen molar-refractivity contribution in [3.05, 3.63) is 78.1 Å². The molecular formula is C22H18FN3O3. The van der Waals surface area contributed by atoms with E-state index >= 15 is 0 Å². The van der Waals surface area contributed by atoms with Gasteiger partial charge in [0.25, 0.3) is 5.91 Å². The van der Waals surface area contributed by atoms with Crippen LogP contribution in [-0.4, -0.2) is 29.3 Å². The lowest BCUT2D eigenvalue weighted by Gasteiger charge is -2.24. The summed E-state index contributed by atoms with van der Waals surface area (Å²) >= 11 is 0. The lowest BCUT2D eigenvalue weighted by Crippen LogP contribution is -2.42. The molecule has 4 rings (SSSR count). The van der Waals surface area contributed by atoms with Gasteiger partial charge in [0.15, 0.2) is 0 Å². The van der Waals surface area contributed by atoms with Gasteiger partial charge >= 0.3 is 6.03 Å². The van der Waals surface area contributed by atoms with Gasteiger partial charge in [-0.05, 0) is 35.4 Å². The Kier molecular flexibility index (Phi) is 4.50. The Morgan fingerprint density at radius 3 is 2.52 bits per heavy atom. The van der Waals surface area contributed by atoms with Crippen LogP contribution in [0.25, 0.3) is 10.8 Å². The van der Waals surface area contributed by atoms with Crippen LogP contribution in [0.15, 0.2) is 66.7 Å². The molecule has 0 spiro atoms. The van der Waals surface area contributed by atoms with Gasteiger partial charge in [-0.1, -0.05) is 54.6 Å². The summed E-state index contributed by atoms with van der Waals surface area (Å²) in [5, 5.41) is 6.86. The first kappa shape index (κ1) is 18.6. The molecule has 6 nitrogen and oxygen atoms in total. The number of urea groups is 1. The number of rotatable bonds is 4. The second-order valence-corrected chi connectivity index (χ2v) is 7.00. The SMILES string of the molecule is C[C@]1(c2cccc3ccccc23)NC(=O)N(CC(=O)Nc2ccccc2F)C1=O. The zero-order valence-corrected chi connectivity index (χ0v) is 15.6. The highest BCUT2D eigenvalue weighted by atomic mass is 19.1. The quantitative estimate of drug-likeness (QED) is 0.669. The third-order valence-corrected chi connectivity index (χ3v) is 5.05. The molecule has 0 saturated carbocycles. The van der Waals surface area contributed by atoms with Crippen LogP contribution in [0.1, 0.15) is 12.5 Å². The molecule has 1 aliphatic heterocycles. The van der Waals surface area contributed by atoms with Gasteiger partial charge in [0.1, 0.15) is 17.9 Å². The maximum atomic E-state index is 13.7. The van der Waals surface area contributed by atoms with Crippen molar-refractivity contribution in [3.63, 3.8) is 0 Å². The first-order chi connectivity index (χ1) is 13.9. The number of hydrogen-bond acceptors (Lipinski definition) is 3. The average molecular weight is 391 g/mol. The van der Waals surface area contributed by atoms with E-state index in [0.717, 1.165) is 15.7 Å². The summed E-state index contributed by atoms with van der Waals surface area (Å²) in [6.45, 7) is 1.10. The minimum absolute atomic E-state index is 0.0126. The summed E-state index contributed by atoms with van der Waals surface area (Å²) in [6.07, 6.45) is 0. The van der Waals surface area contributed by atoms with Crippen LogP contribution in [-0.2, 0) is 15.1 Å². The highest BCUT2D eigenvalue weighted by Gasteiger charge is 2.50. The summed E-state index contributed by atoms with van der Waals surface area (Å²) in [5.74, 6) is -1.80. The monoisotopic (exact) mass is 391 g/mol.